The number of rotatable bonds is 11. The Morgan fingerprint density at radius 1 is 0.878 bits per heavy atom. The summed E-state index contributed by atoms with van der Waals surface area (Å²) in [5, 5.41) is 6.67. The predicted octanol–water partition coefficient (Wildman–Crippen LogP) is 4.84. The van der Waals surface area contributed by atoms with Gasteiger partial charge in [0.05, 0.1) is 21.8 Å². The molecule has 0 bridgehead atoms. The van der Waals surface area contributed by atoms with Crippen molar-refractivity contribution in [2.24, 2.45) is 5.10 Å². The fraction of sp³-hybridized carbons (Fsp3) is 0.0690. The third kappa shape index (κ3) is 8.13. The van der Waals surface area contributed by atoms with Gasteiger partial charge in [-0.05, 0) is 78.4 Å². The average molecular weight is 595 g/mol. The highest BCUT2D eigenvalue weighted by Gasteiger charge is 2.28. The number of halogens is 2. The van der Waals surface area contributed by atoms with Crippen LogP contribution in [0.1, 0.15) is 5.56 Å². The minimum Gasteiger partial charge on any atom is -0.484 e. The number of nitrogens with one attached hydrogen (secondary N) is 2. The van der Waals surface area contributed by atoms with E-state index in [0.29, 0.717) is 17.0 Å². The summed E-state index contributed by atoms with van der Waals surface area (Å²) in [4.78, 5) is 24.7. The van der Waals surface area contributed by atoms with E-state index in [-0.39, 0.29) is 22.2 Å². The molecule has 0 heterocycles. The van der Waals surface area contributed by atoms with Crippen LogP contribution in [0.2, 0.25) is 5.02 Å². The van der Waals surface area contributed by atoms with Gasteiger partial charge in [-0.1, -0.05) is 41.9 Å². The first-order valence-electron chi connectivity index (χ1n) is 12.1. The smallest absolute Gasteiger partial charge is 0.264 e. The molecule has 4 aromatic carbocycles. The third-order valence-electron chi connectivity index (χ3n) is 5.52. The van der Waals surface area contributed by atoms with Crippen LogP contribution in [0.15, 0.2) is 113 Å². The average Bonchev–Trinajstić information content (AvgIpc) is 2.97. The van der Waals surface area contributed by atoms with E-state index in [1.54, 1.807) is 54.6 Å². The van der Waals surface area contributed by atoms with E-state index in [1.165, 1.54) is 54.7 Å². The second-order valence-corrected chi connectivity index (χ2v) is 10.8. The van der Waals surface area contributed by atoms with Crippen molar-refractivity contribution in [3.63, 3.8) is 0 Å². The first-order valence-corrected chi connectivity index (χ1v) is 14.0. The van der Waals surface area contributed by atoms with E-state index < -0.39 is 34.2 Å². The molecule has 0 atom stereocenters. The van der Waals surface area contributed by atoms with Gasteiger partial charge in [0.1, 0.15) is 18.1 Å². The van der Waals surface area contributed by atoms with Crippen LogP contribution < -0.4 is 19.8 Å². The Morgan fingerprint density at radius 3 is 2.22 bits per heavy atom. The van der Waals surface area contributed by atoms with Crippen molar-refractivity contribution in [3.8, 4) is 5.75 Å². The van der Waals surface area contributed by atoms with Gasteiger partial charge >= 0.3 is 0 Å². The fourth-order valence-electron chi connectivity index (χ4n) is 3.55. The molecule has 0 aromatic heterocycles. The summed E-state index contributed by atoms with van der Waals surface area (Å²) >= 11 is 6.26. The van der Waals surface area contributed by atoms with Gasteiger partial charge in [0.15, 0.2) is 6.61 Å². The number of para-hydroxylation sites is 1. The fourth-order valence-corrected chi connectivity index (χ4v) is 5.30. The zero-order valence-corrected chi connectivity index (χ0v) is 23.0. The molecule has 0 spiro atoms. The predicted molar refractivity (Wildman–Crippen MR) is 155 cm³/mol. The van der Waals surface area contributed by atoms with Crippen LogP contribution in [0.25, 0.3) is 0 Å². The van der Waals surface area contributed by atoms with Gasteiger partial charge in [-0.3, -0.25) is 13.9 Å². The van der Waals surface area contributed by atoms with E-state index in [4.69, 9.17) is 16.3 Å². The van der Waals surface area contributed by atoms with Crippen molar-refractivity contribution >= 4 is 51.0 Å². The van der Waals surface area contributed by atoms with E-state index in [1.807, 2.05) is 0 Å². The quantitative estimate of drug-likeness (QED) is 0.190. The Kier molecular flexibility index (Phi) is 9.67. The van der Waals surface area contributed by atoms with Crippen LogP contribution in [-0.2, 0) is 19.6 Å². The Balaban J connectivity index is 1.34. The van der Waals surface area contributed by atoms with Gasteiger partial charge in [-0.25, -0.2) is 18.2 Å². The number of carbonyl (C=O) groups is 2. The Labute approximate surface area is 241 Å². The number of carbonyl (C=O) groups excluding carboxylic acids is 2. The van der Waals surface area contributed by atoms with Crippen molar-refractivity contribution in [2.75, 3.05) is 22.8 Å². The van der Waals surface area contributed by atoms with Crippen molar-refractivity contribution in [2.45, 2.75) is 4.90 Å². The number of anilines is 2. The molecule has 210 valence electrons. The van der Waals surface area contributed by atoms with E-state index in [0.717, 1.165) is 4.31 Å². The van der Waals surface area contributed by atoms with Crippen LogP contribution in [0.3, 0.4) is 0 Å². The first-order chi connectivity index (χ1) is 19.7. The standard InChI is InChI=1S/C29H24ClFN4O5S/c30-26-8-4-5-9-27(26)35(41(38,39)25-6-2-1-3-7-25)19-28(36)34-32-18-21-10-16-24(17-11-21)40-20-29(37)33-23-14-12-22(31)13-15-23/h1-18H,19-20H2,(H,33,37)(H,34,36)/b32-18-. The maximum atomic E-state index is 13.3. The lowest BCUT2D eigenvalue weighted by Gasteiger charge is -2.24. The summed E-state index contributed by atoms with van der Waals surface area (Å²) in [6, 6.07) is 25.9. The van der Waals surface area contributed by atoms with Crippen LogP contribution in [-0.4, -0.2) is 39.6 Å². The lowest BCUT2D eigenvalue weighted by atomic mass is 10.2. The van der Waals surface area contributed by atoms with Crippen molar-refractivity contribution < 1.29 is 27.1 Å². The molecule has 4 aromatic rings. The minimum atomic E-state index is -4.11. The summed E-state index contributed by atoms with van der Waals surface area (Å²) < 4.78 is 46.0. The molecule has 12 heteroatoms. The number of hydrogen-bond donors (Lipinski definition) is 2. The van der Waals surface area contributed by atoms with E-state index in [9.17, 15) is 22.4 Å². The van der Waals surface area contributed by atoms with E-state index >= 15 is 0 Å². The molecule has 0 unspecified atom stereocenters. The number of ether oxygens (including phenoxy) is 1. The highest BCUT2D eigenvalue weighted by molar-refractivity contribution is 7.92. The molecule has 2 N–H and O–H groups in total. The van der Waals surface area contributed by atoms with Gasteiger partial charge in [0.25, 0.3) is 21.8 Å². The van der Waals surface area contributed by atoms with Gasteiger partial charge in [-0.2, -0.15) is 5.10 Å². The zero-order valence-electron chi connectivity index (χ0n) is 21.4. The summed E-state index contributed by atoms with van der Waals surface area (Å²) in [7, 11) is -4.11. The molecule has 2 amide bonds. The van der Waals surface area contributed by atoms with Crippen LogP contribution in [0, 0.1) is 5.82 Å². The maximum absolute atomic E-state index is 13.3. The number of hydrogen-bond acceptors (Lipinski definition) is 6. The van der Waals surface area contributed by atoms with E-state index in [2.05, 4.69) is 15.8 Å². The zero-order chi connectivity index (χ0) is 29.2. The summed E-state index contributed by atoms with van der Waals surface area (Å²) in [6.45, 7) is -0.820. The largest absolute Gasteiger partial charge is 0.484 e. The monoisotopic (exact) mass is 594 g/mol. The van der Waals surface area contributed by atoms with Gasteiger partial charge in [0.2, 0.25) is 0 Å². The number of nitrogens with zero attached hydrogens (tertiary/aromatic N) is 2. The van der Waals surface area contributed by atoms with Gasteiger partial charge < -0.3 is 10.1 Å². The van der Waals surface area contributed by atoms with Crippen molar-refractivity contribution in [1.29, 1.82) is 0 Å². The number of amides is 2. The summed E-state index contributed by atoms with van der Waals surface area (Å²) in [5.41, 5.74) is 3.53. The lowest BCUT2D eigenvalue weighted by molar-refractivity contribution is -0.119. The number of benzene rings is 4. The maximum Gasteiger partial charge on any atom is 0.264 e. The Bertz CT molecular complexity index is 1630. The van der Waals surface area contributed by atoms with Gasteiger partial charge in [0, 0.05) is 5.69 Å². The SMILES string of the molecule is O=C(CN(c1ccccc1Cl)S(=O)(=O)c1ccccc1)N/N=C\c1ccc(OCC(=O)Nc2ccc(F)cc2)cc1. The molecular weight excluding hydrogens is 571 g/mol. The molecule has 0 aliphatic carbocycles. The lowest BCUT2D eigenvalue weighted by Crippen LogP contribution is -2.39. The molecule has 4 rings (SSSR count). The van der Waals surface area contributed by atoms with Crippen molar-refractivity contribution in [1.82, 2.24) is 5.43 Å². The molecule has 41 heavy (non-hydrogen) atoms. The minimum absolute atomic E-state index is 0.00599. The first kappa shape index (κ1) is 29.2. The van der Waals surface area contributed by atoms with Gasteiger partial charge in [-0.15, -0.1) is 0 Å². The molecule has 0 fully saturated rings. The molecular formula is C29H24ClFN4O5S. The normalized spacial score (nSPS) is 11.2. The van der Waals surface area contributed by atoms with Crippen molar-refractivity contribution in [3.05, 3.63) is 120 Å². The number of sulfonamides is 1. The van der Waals surface area contributed by atoms with Crippen LogP contribution in [0.4, 0.5) is 15.8 Å². The summed E-state index contributed by atoms with van der Waals surface area (Å²) in [6.07, 6.45) is 1.37. The Morgan fingerprint density at radius 2 is 1.54 bits per heavy atom. The molecule has 0 aliphatic heterocycles. The molecule has 0 radical (unpaired) electrons. The highest BCUT2D eigenvalue weighted by Crippen LogP contribution is 2.30. The molecule has 0 aliphatic rings. The topological polar surface area (TPSA) is 117 Å². The molecule has 9 nitrogen and oxygen atoms in total. The Hall–Kier alpha value is -4.74. The molecule has 0 saturated heterocycles. The summed E-state index contributed by atoms with van der Waals surface area (Å²) in [5.74, 6) is -1.09. The number of hydrazone groups is 1. The second-order valence-electron chi connectivity index (χ2n) is 8.48. The van der Waals surface area contributed by atoms with Crippen LogP contribution in [0.5, 0.6) is 5.75 Å². The molecule has 0 saturated carbocycles. The highest BCUT2D eigenvalue weighted by atomic mass is 35.5. The second kappa shape index (κ2) is 13.6. The van der Waals surface area contributed by atoms with Crippen LogP contribution >= 0.6 is 11.6 Å². The third-order valence-corrected chi connectivity index (χ3v) is 7.61.